The van der Waals surface area contributed by atoms with Gasteiger partial charge in [0.1, 0.15) is 0 Å². The van der Waals surface area contributed by atoms with Gasteiger partial charge in [0.2, 0.25) is 5.91 Å². The molecule has 0 aromatic heterocycles. The van der Waals surface area contributed by atoms with Gasteiger partial charge in [-0.1, -0.05) is 32.0 Å². The van der Waals surface area contributed by atoms with E-state index in [4.69, 9.17) is 10.5 Å². The summed E-state index contributed by atoms with van der Waals surface area (Å²) in [4.78, 5) is 14.3. The third-order valence-electron chi connectivity index (χ3n) is 3.71. The molecule has 124 valence electrons. The molecule has 0 aliphatic carbocycles. The summed E-state index contributed by atoms with van der Waals surface area (Å²) in [6, 6.07) is 7.95. The summed E-state index contributed by atoms with van der Waals surface area (Å²) in [6.45, 7) is 7.25. The molecular weight excluding hydrogens is 302 g/mol. The van der Waals surface area contributed by atoms with Crippen LogP contribution in [0.15, 0.2) is 24.3 Å². The first-order valence-corrected chi connectivity index (χ1v) is 7.53. The van der Waals surface area contributed by atoms with Gasteiger partial charge in [-0.2, -0.15) is 0 Å². The molecule has 0 spiro atoms. The number of ether oxygens (including phenoxy) is 1. The van der Waals surface area contributed by atoms with Crippen LogP contribution in [0.5, 0.6) is 0 Å². The average molecular weight is 328 g/mol. The number of hydrogen-bond acceptors (Lipinski definition) is 4. The fourth-order valence-corrected chi connectivity index (χ4v) is 2.57. The van der Waals surface area contributed by atoms with E-state index in [9.17, 15) is 4.79 Å². The van der Waals surface area contributed by atoms with Gasteiger partial charge in [-0.25, -0.2) is 0 Å². The molecule has 1 amide bonds. The first-order chi connectivity index (χ1) is 10.1. The van der Waals surface area contributed by atoms with Gasteiger partial charge in [0.25, 0.3) is 0 Å². The van der Waals surface area contributed by atoms with Crippen LogP contribution in [0.4, 0.5) is 5.69 Å². The second-order valence-corrected chi connectivity index (χ2v) is 5.75. The highest BCUT2D eigenvalue weighted by Gasteiger charge is 2.21. The molecule has 1 atom stereocenters. The molecule has 0 radical (unpaired) electrons. The SMILES string of the molecule is CC(C)c1ccccc1NC(=O)CN1CCOC(CN)C1.Cl. The molecule has 1 aliphatic rings. The summed E-state index contributed by atoms with van der Waals surface area (Å²) in [5.41, 5.74) is 7.68. The topological polar surface area (TPSA) is 67.6 Å². The smallest absolute Gasteiger partial charge is 0.238 e. The third kappa shape index (κ3) is 5.25. The Morgan fingerprint density at radius 3 is 2.86 bits per heavy atom. The zero-order valence-corrected chi connectivity index (χ0v) is 14.1. The molecule has 6 heteroatoms. The van der Waals surface area contributed by atoms with E-state index in [2.05, 4.69) is 30.1 Å². The maximum Gasteiger partial charge on any atom is 0.238 e. The molecular formula is C16H26ClN3O2. The van der Waals surface area contributed by atoms with E-state index in [-0.39, 0.29) is 24.4 Å². The zero-order valence-electron chi connectivity index (χ0n) is 13.2. The number of para-hydroxylation sites is 1. The first kappa shape index (κ1) is 18.9. The Bertz CT molecular complexity index is 482. The van der Waals surface area contributed by atoms with Crippen LogP contribution in [0.3, 0.4) is 0 Å². The molecule has 1 aromatic carbocycles. The second-order valence-electron chi connectivity index (χ2n) is 5.75. The van der Waals surface area contributed by atoms with E-state index in [1.807, 2.05) is 18.2 Å². The van der Waals surface area contributed by atoms with Crippen LogP contribution in [-0.2, 0) is 9.53 Å². The lowest BCUT2D eigenvalue weighted by atomic mass is 10.0. The zero-order chi connectivity index (χ0) is 15.2. The number of anilines is 1. The Kier molecular flexibility index (Phi) is 7.82. The largest absolute Gasteiger partial charge is 0.374 e. The lowest BCUT2D eigenvalue weighted by Gasteiger charge is -2.31. The van der Waals surface area contributed by atoms with Crippen molar-refractivity contribution in [3.05, 3.63) is 29.8 Å². The molecule has 0 bridgehead atoms. The molecule has 1 saturated heterocycles. The van der Waals surface area contributed by atoms with Crippen LogP contribution in [0, 0.1) is 0 Å². The van der Waals surface area contributed by atoms with E-state index in [0.717, 1.165) is 24.3 Å². The summed E-state index contributed by atoms with van der Waals surface area (Å²) < 4.78 is 5.51. The quantitative estimate of drug-likeness (QED) is 0.866. The number of amides is 1. The summed E-state index contributed by atoms with van der Waals surface area (Å²) in [7, 11) is 0. The molecule has 1 aromatic rings. The second kappa shape index (κ2) is 9.10. The fourth-order valence-electron chi connectivity index (χ4n) is 2.57. The number of nitrogens with zero attached hydrogens (tertiary/aromatic N) is 1. The van der Waals surface area contributed by atoms with E-state index in [1.54, 1.807) is 0 Å². The number of rotatable bonds is 5. The highest BCUT2D eigenvalue weighted by atomic mass is 35.5. The van der Waals surface area contributed by atoms with Crippen molar-refractivity contribution in [2.75, 3.05) is 38.1 Å². The van der Waals surface area contributed by atoms with Crippen molar-refractivity contribution in [1.29, 1.82) is 0 Å². The van der Waals surface area contributed by atoms with Gasteiger partial charge in [0.05, 0.1) is 19.3 Å². The van der Waals surface area contributed by atoms with E-state index >= 15 is 0 Å². The van der Waals surface area contributed by atoms with Crippen molar-refractivity contribution in [3.63, 3.8) is 0 Å². The van der Waals surface area contributed by atoms with Crippen LogP contribution in [-0.4, -0.2) is 49.7 Å². The van der Waals surface area contributed by atoms with Gasteiger partial charge in [-0.05, 0) is 17.5 Å². The monoisotopic (exact) mass is 327 g/mol. The molecule has 1 unspecified atom stereocenters. The minimum Gasteiger partial charge on any atom is -0.374 e. The average Bonchev–Trinajstić information content (AvgIpc) is 2.47. The van der Waals surface area contributed by atoms with E-state index in [1.165, 1.54) is 0 Å². The molecule has 22 heavy (non-hydrogen) atoms. The van der Waals surface area contributed by atoms with Gasteiger partial charge < -0.3 is 15.8 Å². The van der Waals surface area contributed by atoms with Crippen molar-refractivity contribution < 1.29 is 9.53 Å². The van der Waals surface area contributed by atoms with Crippen molar-refractivity contribution in [2.24, 2.45) is 5.73 Å². The predicted molar refractivity (Wildman–Crippen MR) is 91.6 cm³/mol. The Morgan fingerprint density at radius 1 is 1.45 bits per heavy atom. The third-order valence-corrected chi connectivity index (χ3v) is 3.71. The Morgan fingerprint density at radius 2 is 2.18 bits per heavy atom. The standard InChI is InChI=1S/C16H25N3O2.ClH/c1-12(2)14-5-3-4-6-15(14)18-16(20)11-19-7-8-21-13(9-17)10-19;/h3-6,12-13H,7-11,17H2,1-2H3,(H,18,20);1H. The van der Waals surface area contributed by atoms with Crippen LogP contribution < -0.4 is 11.1 Å². The number of nitrogens with one attached hydrogen (secondary N) is 1. The number of benzene rings is 1. The number of hydrogen-bond donors (Lipinski definition) is 2. The van der Waals surface area contributed by atoms with Gasteiger partial charge in [-0.15, -0.1) is 12.4 Å². The molecule has 5 nitrogen and oxygen atoms in total. The lowest BCUT2D eigenvalue weighted by molar-refractivity contribution is -0.119. The molecule has 0 saturated carbocycles. The summed E-state index contributed by atoms with van der Waals surface area (Å²) in [6.07, 6.45) is 0.0366. The molecule has 1 heterocycles. The first-order valence-electron chi connectivity index (χ1n) is 7.53. The maximum absolute atomic E-state index is 12.2. The Hall–Kier alpha value is -1.14. The van der Waals surface area contributed by atoms with Crippen molar-refractivity contribution in [2.45, 2.75) is 25.9 Å². The molecule has 1 fully saturated rings. The van der Waals surface area contributed by atoms with Crippen LogP contribution in [0.1, 0.15) is 25.3 Å². The minimum atomic E-state index is 0. The van der Waals surface area contributed by atoms with Crippen molar-refractivity contribution >= 4 is 24.0 Å². The van der Waals surface area contributed by atoms with Crippen molar-refractivity contribution in [1.82, 2.24) is 4.90 Å². The highest BCUT2D eigenvalue weighted by Crippen LogP contribution is 2.23. The van der Waals surface area contributed by atoms with Gasteiger partial charge >= 0.3 is 0 Å². The van der Waals surface area contributed by atoms with Gasteiger partial charge in [-0.3, -0.25) is 9.69 Å². The number of nitrogens with two attached hydrogens (primary N) is 1. The van der Waals surface area contributed by atoms with Gasteiger partial charge in [0.15, 0.2) is 0 Å². The number of carbonyl (C=O) groups excluding carboxylic acids is 1. The molecule has 2 rings (SSSR count). The highest BCUT2D eigenvalue weighted by molar-refractivity contribution is 5.93. The number of morpholine rings is 1. The summed E-state index contributed by atoms with van der Waals surface area (Å²) in [5, 5.41) is 3.02. The fraction of sp³-hybridized carbons (Fsp3) is 0.562. The predicted octanol–water partition coefficient (Wildman–Crippen LogP) is 1.83. The van der Waals surface area contributed by atoms with Gasteiger partial charge in [0, 0.05) is 25.3 Å². The summed E-state index contributed by atoms with van der Waals surface area (Å²) >= 11 is 0. The van der Waals surface area contributed by atoms with E-state index < -0.39 is 0 Å². The molecule has 1 aliphatic heterocycles. The normalized spacial score (nSPS) is 18.8. The summed E-state index contributed by atoms with van der Waals surface area (Å²) in [5.74, 6) is 0.396. The number of halogens is 1. The molecule has 3 N–H and O–H groups in total. The van der Waals surface area contributed by atoms with Crippen LogP contribution >= 0.6 is 12.4 Å². The Balaban J connectivity index is 0.00000242. The van der Waals surface area contributed by atoms with Crippen LogP contribution in [0.25, 0.3) is 0 Å². The number of carbonyl (C=O) groups is 1. The lowest BCUT2D eigenvalue weighted by Crippen LogP contribution is -2.48. The van der Waals surface area contributed by atoms with Crippen LogP contribution in [0.2, 0.25) is 0 Å². The Labute approximate surface area is 138 Å². The van der Waals surface area contributed by atoms with Crippen molar-refractivity contribution in [3.8, 4) is 0 Å². The minimum absolute atomic E-state index is 0. The van der Waals surface area contributed by atoms with E-state index in [0.29, 0.717) is 25.6 Å². The maximum atomic E-state index is 12.2.